The third kappa shape index (κ3) is 3.52. The number of hydrogen-bond donors (Lipinski definition) is 1. The summed E-state index contributed by atoms with van der Waals surface area (Å²) in [7, 11) is -2.92. The first kappa shape index (κ1) is 14.0. The van der Waals surface area contributed by atoms with Crippen molar-refractivity contribution < 1.29 is 13.5 Å². The lowest BCUT2D eigenvalue weighted by molar-refractivity contribution is 0.196. The van der Waals surface area contributed by atoms with Gasteiger partial charge in [-0.1, -0.05) is 6.42 Å². The molecule has 6 heteroatoms. The van der Waals surface area contributed by atoms with Crippen LogP contribution in [0.1, 0.15) is 36.1 Å². The third-order valence-corrected chi connectivity index (χ3v) is 6.53. The maximum Gasteiger partial charge on any atom is 0.153 e. The molecule has 0 amide bonds. The van der Waals surface area contributed by atoms with Crippen molar-refractivity contribution in [1.29, 1.82) is 0 Å². The molecule has 2 rings (SSSR count). The molecule has 0 bridgehead atoms. The quantitative estimate of drug-likeness (QED) is 0.914. The van der Waals surface area contributed by atoms with Crippen LogP contribution in [-0.2, 0) is 22.7 Å². The average molecular weight is 289 g/mol. The van der Waals surface area contributed by atoms with E-state index in [0.29, 0.717) is 18.6 Å². The molecule has 0 radical (unpaired) electrons. The summed E-state index contributed by atoms with van der Waals surface area (Å²) in [5.74, 6) is 0.323. The molecule has 0 aromatic carbocycles. The molecule has 102 valence electrons. The fraction of sp³-hybridized carbons (Fsp3) is 0.750. The minimum Gasteiger partial charge on any atom is -0.393 e. The number of aliphatic hydroxyl groups is 1. The summed E-state index contributed by atoms with van der Waals surface area (Å²) < 4.78 is 23.8. The van der Waals surface area contributed by atoms with Crippen molar-refractivity contribution in [3.05, 3.63) is 16.1 Å². The fourth-order valence-electron chi connectivity index (χ4n) is 2.27. The summed E-state index contributed by atoms with van der Waals surface area (Å²) in [6.07, 6.45) is 5.05. The van der Waals surface area contributed by atoms with Crippen molar-refractivity contribution in [3.63, 3.8) is 0 Å². The van der Waals surface area contributed by atoms with Gasteiger partial charge in [-0.15, -0.1) is 11.3 Å². The smallest absolute Gasteiger partial charge is 0.153 e. The van der Waals surface area contributed by atoms with Crippen molar-refractivity contribution in [1.82, 2.24) is 4.98 Å². The highest BCUT2D eigenvalue weighted by Gasteiger charge is 2.29. The van der Waals surface area contributed by atoms with E-state index in [1.54, 1.807) is 13.1 Å². The van der Waals surface area contributed by atoms with Gasteiger partial charge in [0.05, 0.1) is 22.1 Å². The zero-order valence-corrected chi connectivity index (χ0v) is 12.1. The van der Waals surface area contributed by atoms with E-state index in [0.717, 1.165) is 29.1 Å². The summed E-state index contributed by atoms with van der Waals surface area (Å²) in [6, 6.07) is 0. The van der Waals surface area contributed by atoms with Gasteiger partial charge in [-0.25, -0.2) is 13.4 Å². The molecular weight excluding hydrogens is 270 g/mol. The highest BCUT2D eigenvalue weighted by Crippen LogP contribution is 2.25. The van der Waals surface area contributed by atoms with Crippen LogP contribution in [0.4, 0.5) is 0 Å². The van der Waals surface area contributed by atoms with Crippen molar-refractivity contribution in [2.75, 3.05) is 5.75 Å². The topological polar surface area (TPSA) is 67.3 Å². The van der Waals surface area contributed by atoms with E-state index < -0.39 is 9.84 Å². The number of rotatable bonds is 4. The molecule has 0 aliphatic carbocycles. The van der Waals surface area contributed by atoms with E-state index >= 15 is 0 Å². The van der Waals surface area contributed by atoms with E-state index in [4.69, 9.17) is 0 Å². The lowest BCUT2D eigenvalue weighted by Gasteiger charge is -2.21. The molecule has 0 spiro atoms. The van der Waals surface area contributed by atoms with Crippen LogP contribution in [0.2, 0.25) is 0 Å². The molecule has 1 aromatic heterocycles. The molecule has 1 N–H and O–H groups in total. The molecular formula is C12H19NO3S2. The minimum absolute atomic E-state index is 0.253. The first-order valence-corrected chi connectivity index (χ1v) is 8.84. The zero-order valence-electron chi connectivity index (χ0n) is 10.5. The van der Waals surface area contributed by atoms with Gasteiger partial charge in [-0.3, -0.25) is 0 Å². The largest absolute Gasteiger partial charge is 0.393 e. The monoisotopic (exact) mass is 289 g/mol. The molecule has 1 saturated heterocycles. The second-order valence-corrected chi connectivity index (χ2v) is 8.56. The van der Waals surface area contributed by atoms with E-state index in [1.165, 1.54) is 11.3 Å². The van der Waals surface area contributed by atoms with Gasteiger partial charge in [0.15, 0.2) is 9.84 Å². The Morgan fingerprint density at radius 1 is 1.56 bits per heavy atom. The highest BCUT2D eigenvalue weighted by molar-refractivity contribution is 7.92. The Bertz CT molecular complexity index is 493. The normalized spacial score (nSPS) is 24.9. The molecule has 2 unspecified atom stereocenters. The number of aliphatic hydroxyl groups excluding tert-OH is 1. The van der Waals surface area contributed by atoms with Gasteiger partial charge in [0.1, 0.15) is 0 Å². The molecule has 18 heavy (non-hydrogen) atoms. The van der Waals surface area contributed by atoms with Gasteiger partial charge in [0.25, 0.3) is 0 Å². The Labute approximate surface area is 112 Å². The summed E-state index contributed by atoms with van der Waals surface area (Å²) in [4.78, 5) is 5.29. The number of aromatic nitrogens is 1. The molecule has 2 heterocycles. The minimum atomic E-state index is -2.92. The van der Waals surface area contributed by atoms with Crippen molar-refractivity contribution >= 4 is 21.2 Å². The summed E-state index contributed by atoms with van der Waals surface area (Å²) in [6.45, 7) is 1.74. The first-order chi connectivity index (χ1) is 8.47. The van der Waals surface area contributed by atoms with Gasteiger partial charge in [-0.2, -0.15) is 0 Å². The second-order valence-electron chi connectivity index (χ2n) is 4.96. The van der Waals surface area contributed by atoms with Crippen LogP contribution in [0.25, 0.3) is 0 Å². The third-order valence-electron chi connectivity index (χ3n) is 3.21. The van der Waals surface area contributed by atoms with Gasteiger partial charge in [0, 0.05) is 23.9 Å². The maximum absolute atomic E-state index is 11.9. The van der Waals surface area contributed by atoms with Gasteiger partial charge in [0.2, 0.25) is 0 Å². The molecule has 1 fully saturated rings. The van der Waals surface area contributed by atoms with E-state index in [9.17, 15) is 13.5 Å². The summed E-state index contributed by atoms with van der Waals surface area (Å²) in [5, 5.41) is 9.93. The van der Waals surface area contributed by atoms with Crippen molar-refractivity contribution in [3.8, 4) is 0 Å². The Morgan fingerprint density at radius 3 is 3.00 bits per heavy atom. The van der Waals surface area contributed by atoms with Crippen LogP contribution in [-0.4, -0.2) is 35.6 Å². The number of nitrogens with zero attached hydrogens (tertiary/aromatic N) is 1. The number of sulfone groups is 1. The van der Waals surface area contributed by atoms with E-state index in [1.807, 2.05) is 0 Å². The second kappa shape index (κ2) is 5.67. The zero-order chi connectivity index (χ0) is 13.2. The first-order valence-electron chi connectivity index (χ1n) is 6.30. The lowest BCUT2D eigenvalue weighted by atomic mass is 10.1. The molecule has 1 aliphatic heterocycles. The van der Waals surface area contributed by atoms with Crippen molar-refractivity contribution in [2.24, 2.45) is 0 Å². The fourth-order valence-corrected chi connectivity index (χ4v) is 5.38. The Hall–Kier alpha value is -0.460. The summed E-state index contributed by atoms with van der Waals surface area (Å²) >= 11 is 1.52. The van der Waals surface area contributed by atoms with E-state index in [2.05, 4.69) is 4.98 Å². The van der Waals surface area contributed by atoms with Crippen LogP contribution >= 0.6 is 11.3 Å². The van der Waals surface area contributed by atoms with Crippen LogP contribution in [0.15, 0.2) is 6.20 Å². The van der Waals surface area contributed by atoms with Crippen molar-refractivity contribution in [2.45, 2.75) is 50.4 Å². The molecule has 1 aliphatic rings. The van der Waals surface area contributed by atoms with Crippen LogP contribution in [0.3, 0.4) is 0 Å². The Balaban J connectivity index is 2.02. The Kier molecular flexibility index (Phi) is 4.40. The van der Waals surface area contributed by atoms with Gasteiger partial charge >= 0.3 is 0 Å². The van der Waals surface area contributed by atoms with Crippen LogP contribution in [0, 0.1) is 0 Å². The molecule has 2 atom stereocenters. The van der Waals surface area contributed by atoms with Gasteiger partial charge in [-0.05, 0) is 19.8 Å². The Morgan fingerprint density at radius 2 is 2.33 bits per heavy atom. The average Bonchev–Trinajstić information content (AvgIpc) is 2.68. The predicted octanol–water partition coefficient (Wildman–Crippen LogP) is 1.58. The number of thiazole rings is 1. The number of hydrogen-bond acceptors (Lipinski definition) is 5. The molecule has 4 nitrogen and oxygen atoms in total. The standard InChI is InChI=1S/C12H19NO3S2/c1-9(14)6-10-8-13-12(17-10)7-11-4-2-3-5-18(11,15)16/h8-9,11,14H,2-7H2,1H3. The maximum atomic E-state index is 11.9. The van der Waals surface area contributed by atoms with Crippen LogP contribution in [0.5, 0.6) is 0 Å². The summed E-state index contributed by atoms with van der Waals surface area (Å²) in [5.41, 5.74) is 0. The molecule has 1 aromatic rings. The lowest BCUT2D eigenvalue weighted by Crippen LogP contribution is -2.30. The predicted molar refractivity (Wildman–Crippen MR) is 72.6 cm³/mol. The van der Waals surface area contributed by atoms with Gasteiger partial charge < -0.3 is 5.11 Å². The molecule has 0 saturated carbocycles. The highest BCUT2D eigenvalue weighted by atomic mass is 32.2. The SMILES string of the molecule is CC(O)Cc1cnc(CC2CCCCS2(=O)=O)s1. The van der Waals surface area contributed by atoms with Crippen LogP contribution < -0.4 is 0 Å². The van der Waals surface area contributed by atoms with E-state index in [-0.39, 0.29) is 11.4 Å².